The topological polar surface area (TPSA) is 51.6 Å². The van der Waals surface area contributed by atoms with E-state index in [2.05, 4.69) is 121 Å². The quantitative estimate of drug-likeness (QED) is 0.174. The fourth-order valence-corrected chi connectivity index (χ4v) is 8.28. The van der Waals surface area contributed by atoms with E-state index in [4.69, 9.17) is 19.9 Å². The van der Waals surface area contributed by atoms with Crippen LogP contribution in [-0.4, -0.2) is 19.9 Å². The first-order valence-corrected chi connectivity index (χ1v) is 18.5. The molecular formula is C48H30N4S. The number of benzene rings is 7. The predicted octanol–water partition coefficient (Wildman–Crippen LogP) is 12.8. The maximum absolute atomic E-state index is 5.10. The molecule has 0 spiro atoms. The molecule has 0 bridgehead atoms. The molecule has 0 aliphatic heterocycles. The second-order valence-electron chi connectivity index (χ2n) is 13.1. The van der Waals surface area contributed by atoms with Gasteiger partial charge in [0.2, 0.25) is 0 Å². The number of thiophene rings is 1. The zero-order valence-electron chi connectivity index (χ0n) is 28.5. The number of para-hydroxylation sites is 1. The van der Waals surface area contributed by atoms with E-state index in [1.165, 1.54) is 42.4 Å². The van der Waals surface area contributed by atoms with Crippen LogP contribution in [0.15, 0.2) is 182 Å². The first kappa shape index (κ1) is 31.0. The van der Waals surface area contributed by atoms with E-state index >= 15 is 0 Å². The van der Waals surface area contributed by atoms with Gasteiger partial charge >= 0.3 is 0 Å². The normalized spacial score (nSPS) is 11.4. The molecule has 0 fully saturated rings. The third kappa shape index (κ3) is 5.74. The zero-order chi connectivity index (χ0) is 35.1. The molecule has 0 saturated heterocycles. The van der Waals surface area contributed by atoms with E-state index in [0.717, 1.165) is 38.9 Å². The molecule has 10 rings (SSSR count). The summed E-state index contributed by atoms with van der Waals surface area (Å²) in [5.41, 5.74) is 12.0. The van der Waals surface area contributed by atoms with Crippen LogP contribution in [0.1, 0.15) is 0 Å². The SMILES string of the molecule is c1ccc(-c2nc(-c3ccccc3)nc(-c3ccc(-c4ccc(-c5ccc(-c6c7ccccc7nc7c6sc6ccccc67)cc5)cc4)cc3)n2)cc1. The fraction of sp³-hybridized carbons (Fsp3) is 0. The van der Waals surface area contributed by atoms with Gasteiger partial charge in [0.05, 0.1) is 15.7 Å². The highest BCUT2D eigenvalue weighted by Gasteiger charge is 2.16. The lowest BCUT2D eigenvalue weighted by Crippen LogP contribution is -2.00. The maximum Gasteiger partial charge on any atom is 0.164 e. The van der Waals surface area contributed by atoms with Gasteiger partial charge in [0.25, 0.3) is 0 Å². The van der Waals surface area contributed by atoms with Crippen molar-refractivity contribution in [2.75, 3.05) is 0 Å². The van der Waals surface area contributed by atoms with E-state index in [9.17, 15) is 0 Å². The van der Waals surface area contributed by atoms with Crippen LogP contribution in [0.4, 0.5) is 0 Å². The predicted molar refractivity (Wildman–Crippen MR) is 221 cm³/mol. The molecule has 10 aromatic rings. The van der Waals surface area contributed by atoms with Gasteiger partial charge in [-0.25, -0.2) is 19.9 Å². The van der Waals surface area contributed by atoms with Crippen molar-refractivity contribution in [3.05, 3.63) is 182 Å². The Kier molecular flexibility index (Phi) is 7.63. The Bertz CT molecular complexity index is 2840. The summed E-state index contributed by atoms with van der Waals surface area (Å²) in [6, 6.07) is 63.4. The molecule has 0 saturated carbocycles. The molecule has 7 aromatic carbocycles. The van der Waals surface area contributed by atoms with Gasteiger partial charge in [-0.05, 0) is 39.9 Å². The van der Waals surface area contributed by atoms with Gasteiger partial charge in [0.15, 0.2) is 17.5 Å². The van der Waals surface area contributed by atoms with Gasteiger partial charge in [-0.2, -0.15) is 0 Å². The Labute approximate surface area is 310 Å². The first-order valence-electron chi connectivity index (χ1n) is 17.6. The maximum atomic E-state index is 5.10. The zero-order valence-corrected chi connectivity index (χ0v) is 29.3. The van der Waals surface area contributed by atoms with Crippen molar-refractivity contribution >= 4 is 42.5 Å². The highest BCUT2D eigenvalue weighted by atomic mass is 32.1. The van der Waals surface area contributed by atoms with Crippen LogP contribution < -0.4 is 0 Å². The summed E-state index contributed by atoms with van der Waals surface area (Å²) in [5.74, 6) is 1.96. The van der Waals surface area contributed by atoms with E-state index < -0.39 is 0 Å². The minimum Gasteiger partial charge on any atom is -0.246 e. The fourth-order valence-electron chi connectivity index (χ4n) is 7.06. The largest absolute Gasteiger partial charge is 0.246 e. The standard InChI is InChI=1S/C48H30N4S/c1-3-11-36(12-4-1)46-50-47(37-13-5-2-6-14-37)52-48(51-46)38-29-25-34(26-30-38)32-21-19-31(20-22-32)33-23-27-35(28-24-33)43-39-15-7-9-17-41(39)49-44-40-16-8-10-18-42(40)53-45(43)44/h1-30H. The van der Waals surface area contributed by atoms with Crippen molar-refractivity contribution in [3.63, 3.8) is 0 Å². The Morgan fingerprint density at radius 3 is 1.23 bits per heavy atom. The van der Waals surface area contributed by atoms with Gasteiger partial charge in [-0.15, -0.1) is 11.3 Å². The van der Waals surface area contributed by atoms with E-state index in [1.54, 1.807) is 0 Å². The molecule has 0 N–H and O–H groups in total. The van der Waals surface area contributed by atoms with Gasteiger partial charge in [0, 0.05) is 37.7 Å². The smallest absolute Gasteiger partial charge is 0.164 e. The van der Waals surface area contributed by atoms with Crippen LogP contribution in [0.3, 0.4) is 0 Å². The van der Waals surface area contributed by atoms with Crippen molar-refractivity contribution in [3.8, 4) is 67.5 Å². The molecule has 248 valence electrons. The molecule has 3 heterocycles. The Morgan fingerprint density at radius 2 is 0.698 bits per heavy atom. The third-order valence-corrected chi connectivity index (χ3v) is 10.9. The van der Waals surface area contributed by atoms with Gasteiger partial charge < -0.3 is 0 Å². The monoisotopic (exact) mass is 694 g/mol. The summed E-state index contributed by atoms with van der Waals surface area (Å²) < 4.78 is 2.50. The second-order valence-corrected chi connectivity index (χ2v) is 14.1. The molecule has 0 aliphatic carbocycles. The van der Waals surface area contributed by atoms with Crippen LogP contribution in [-0.2, 0) is 0 Å². The van der Waals surface area contributed by atoms with Crippen LogP contribution in [0, 0.1) is 0 Å². The summed E-state index contributed by atoms with van der Waals surface area (Å²) in [6.45, 7) is 0. The van der Waals surface area contributed by atoms with Gasteiger partial charge in [0.1, 0.15) is 0 Å². The van der Waals surface area contributed by atoms with E-state index in [-0.39, 0.29) is 0 Å². The Balaban J connectivity index is 0.943. The average Bonchev–Trinajstić information content (AvgIpc) is 3.61. The number of hydrogen-bond donors (Lipinski definition) is 0. The number of hydrogen-bond acceptors (Lipinski definition) is 5. The van der Waals surface area contributed by atoms with E-state index in [0.29, 0.717) is 17.5 Å². The molecule has 0 unspecified atom stereocenters. The molecule has 0 amide bonds. The summed E-state index contributed by atoms with van der Waals surface area (Å²) >= 11 is 1.82. The highest BCUT2D eigenvalue weighted by Crippen LogP contribution is 2.43. The van der Waals surface area contributed by atoms with Crippen molar-refractivity contribution in [2.24, 2.45) is 0 Å². The highest BCUT2D eigenvalue weighted by molar-refractivity contribution is 7.26. The summed E-state index contributed by atoms with van der Waals surface area (Å²) in [5, 5.41) is 2.39. The summed E-state index contributed by atoms with van der Waals surface area (Å²) in [6.07, 6.45) is 0. The molecule has 53 heavy (non-hydrogen) atoms. The van der Waals surface area contributed by atoms with Gasteiger partial charge in [-0.1, -0.05) is 170 Å². The number of rotatable bonds is 6. The summed E-state index contributed by atoms with van der Waals surface area (Å²) in [7, 11) is 0. The lowest BCUT2D eigenvalue weighted by molar-refractivity contribution is 1.07. The molecule has 0 radical (unpaired) electrons. The minimum atomic E-state index is 0.649. The molecule has 0 aliphatic rings. The Morgan fingerprint density at radius 1 is 0.302 bits per heavy atom. The van der Waals surface area contributed by atoms with Crippen molar-refractivity contribution in [1.29, 1.82) is 0 Å². The van der Waals surface area contributed by atoms with Crippen molar-refractivity contribution in [1.82, 2.24) is 19.9 Å². The lowest BCUT2D eigenvalue weighted by atomic mass is 9.96. The first-order chi connectivity index (χ1) is 26.2. The molecular weight excluding hydrogens is 665 g/mol. The second kappa shape index (κ2) is 13.1. The van der Waals surface area contributed by atoms with E-state index in [1.807, 2.05) is 72.0 Å². The number of pyridine rings is 1. The number of aromatic nitrogens is 4. The third-order valence-electron chi connectivity index (χ3n) is 9.77. The average molecular weight is 695 g/mol. The summed E-state index contributed by atoms with van der Waals surface area (Å²) in [4.78, 5) is 19.7. The molecule has 5 heteroatoms. The lowest BCUT2D eigenvalue weighted by Gasteiger charge is -2.11. The van der Waals surface area contributed by atoms with Crippen LogP contribution in [0.2, 0.25) is 0 Å². The van der Waals surface area contributed by atoms with Crippen LogP contribution >= 0.6 is 11.3 Å². The number of nitrogens with zero attached hydrogens (tertiary/aromatic N) is 4. The molecule has 0 atom stereocenters. The number of fused-ring (bicyclic) bond motifs is 4. The Hall–Kier alpha value is -6.82. The van der Waals surface area contributed by atoms with Crippen molar-refractivity contribution in [2.45, 2.75) is 0 Å². The minimum absolute atomic E-state index is 0.649. The molecule has 3 aromatic heterocycles. The van der Waals surface area contributed by atoms with Crippen molar-refractivity contribution < 1.29 is 0 Å². The van der Waals surface area contributed by atoms with Gasteiger partial charge in [-0.3, -0.25) is 0 Å². The van der Waals surface area contributed by atoms with Crippen LogP contribution in [0.25, 0.3) is 98.7 Å². The van der Waals surface area contributed by atoms with Crippen LogP contribution in [0.5, 0.6) is 0 Å². The molecule has 4 nitrogen and oxygen atoms in total.